The molecule has 1 aromatic carbocycles. The van der Waals surface area contributed by atoms with E-state index in [0.29, 0.717) is 18.8 Å². The number of amides is 3. The van der Waals surface area contributed by atoms with Crippen LogP contribution in [0.5, 0.6) is 0 Å². The Morgan fingerprint density at radius 3 is 2.70 bits per heavy atom. The highest BCUT2D eigenvalue weighted by Gasteiger charge is 2.24. The molecule has 0 atom stereocenters. The van der Waals surface area contributed by atoms with Gasteiger partial charge >= 0.3 is 11.8 Å². The molecule has 1 aromatic heterocycles. The van der Waals surface area contributed by atoms with Gasteiger partial charge in [-0.05, 0) is 48.1 Å². The first-order chi connectivity index (χ1) is 13.0. The number of nitrogens with zero attached hydrogens (tertiary/aromatic N) is 1. The SMILES string of the molecule is CC(C)C(=O)N1CCCc2cc(NC(=O)C(=O)NCc3cccs3)ccc21. The van der Waals surface area contributed by atoms with Crippen molar-refractivity contribution in [2.75, 3.05) is 16.8 Å². The van der Waals surface area contributed by atoms with E-state index in [1.807, 2.05) is 48.4 Å². The molecule has 2 aromatic rings. The van der Waals surface area contributed by atoms with Gasteiger partial charge in [-0.1, -0.05) is 19.9 Å². The van der Waals surface area contributed by atoms with E-state index >= 15 is 0 Å². The molecule has 27 heavy (non-hydrogen) atoms. The monoisotopic (exact) mass is 385 g/mol. The molecule has 1 aliphatic rings. The van der Waals surface area contributed by atoms with Crippen molar-refractivity contribution in [3.8, 4) is 0 Å². The quantitative estimate of drug-likeness (QED) is 0.795. The van der Waals surface area contributed by atoms with Gasteiger partial charge in [0.25, 0.3) is 0 Å². The Hall–Kier alpha value is -2.67. The molecule has 7 heteroatoms. The Labute approximate surface area is 162 Å². The van der Waals surface area contributed by atoms with Crippen molar-refractivity contribution in [2.45, 2.75) is 33.2 Å². The molecule has 1 aliphatic heterocycles. The van der Waals surface area contributed by atoms with Crippen molar-refractivity contribution < 1.29 is 14.4 Å². The summed E-state index contributed by atoms with van der Waals surface area (Å²) in [6.45, 7) is 4.82. The van der Waals surface area contributed by atoms with Crippen LogP contribution in [0.25, 0.3) is 0 Å². The molecule has 0 saturated heterocycles. The average Bonchev–Trinajstić information content (AvgIpc) is 3.18. The minimum Gasteiger partial charge on any atom is -0.343 e. The lowest BCUT2D eigenvalue weighted by Crippen LogP contribution is -2.38. The largest absolute Gasteiger partial charge is 0.343 e. The zero-order valence-electron chi connectivity index (χ0n) is 15.5. The summed E-state index contributed by atoms with van der Waals surface area (Å²) in [6.07, 6.45) is 1.72. The summed E-state index contributed by atoms with van der Waals surface area (Å²) in [4.78, 5) is 39.3. The lowest BCUT2D eigenvalue weighted by atomic mass is 9.99. The van der Waals surface area contributed by atoms with E-state index in [1.165, 1.54) is 11.3 Å². The second kappa shape index (κ2) is 8.35. The first-order valence-corrected chi connectivity index (χ1v) is 9.89. The van der Waals surface area contributed by atoms with Gasteiger partial charge in [0.15, 0.2) is 0 Å². The predicted molar refractivity (Wildman–Crippen MR) is 107 cm³/mol. The third-order valence-electron chi connectivity index (χ3n) is 4.43. The Kier molecular flexibility index (Phi) is 5.91. The number of thiophene rings is 1. The first kappa shape index (κ1) is 19.1. The van der Waals surface area contributed by atoms with Gasteiger partial charge in [0.05, 0.1) is 6.54 Å². The molecule has 0 unspecified atom stereocenters. The molecule has 6 nitrogen and oxygen atoms in total. The minimum absolute atomic E-state index is 0.0672. The normalized spacial score (nSPS) is 13.2. The number of carbonyl (C=O) groups is 3. The van der Waals surface area contributed by atoms with Crippen molar-refractivity contribution in [3.05, 3.63) is 46.2 Å². The van der Waals surface area contributed by atoms with Crippen molar-refractivity contribution in [1.82, 2.24) is 5.32 Å². The van der Waals surface area contributed by atoms with Crippen molar-refractivity contribution in [2.24, 2.45) is 5.92 Å². The van der Waals surface area contributed by atoms with Crippen LogP contribution in [0, 0.1) is 5.92 Å². The van der Waals surface area contributed by atoms with Crippen LogP contribution in [0.3, 0.4) is 0 Å². The standard InChI is InChI=1S/C20H23N3O3S/c1-13(2)20(26)23-9-3-5-14-11-15(7-8-17(14)23)22-19(25)18(24)21-12-16-6-4-10-27-16/h4,6-8,10-11,13H,3,5,9,12H2,1-2H3,(H,21,24)(H,22,25). The van der Waals surface area contributed by atoms with Crippen LogP contribution >= 0.6 is 11.3 Å². The van der Waals surface area contributed by atoms with E-state index in [1.54, 1.807) is 6.07 Å². The smallest absolute Gasteiger partial charge is 0.313 e. The summed E-state index contributed by atoms with van der Waals surface area (Å²) < 4.78 is 0. The number of aryl methyl sites for hydroxylation is 1. The minimum atomic E-state index is -0.697. The highest BCUT2D eigenvalue weighted by molar-refractivity contribution is 7.09. The van der Waals surface area contributed by atoms with Crippen LogP contribution in [-0.4, -0.2) is 24.3 Å². The van der Waals surface area contributed by atoms with E-state index in [-0.39, 0.29) is 11.8 Å². The van der Waals surface area contributed by atoms with Gasteiger partial charge in [0.2, 0.25) is 5.91 Å². The summed E-state index contributed by atoms with van der Waals surface area (Å²) in [5.41, 5.74) is 2.45. The number of hydrogen-bond donors (Lipinski definition) is 2. The van der Waals surface area contributed by atoms with Crippen LogP contribution in [0.15, 0.2) is 35.7 Å². The fourth-order valence-electron chi connectivity index (χ4n) is 3.06. The molecule has 0 fully saturated rings. The molecule has 0 spiro atoms. The number of nitrogens with one attached hydrogen (secondary N) is 2. The Morgan fingerprint density at radius 2 is 2.00 bits per heavy atom. The van der Waals surface area contributed by atoms with Gasteiger partial charge in [-0.2, -0.15) is 0 Å². The lowest BCUT2D eigenvalue weighted by Gasteiger charge is -2.31. The zero-order chi connectivity index (χ0) is 19.4. The van der Waals surface area contributed by atoms with Gasteiger partial charge in [0, 0.05) is 28.7 Å². The van der Waals surface area contributed by atoms with E-state index in [4.69, 9.17) is 0 Å². The average molecular weight is 385 g/mol. The molecule has 0 bridgehead atoms. The van der Waals surface area contributed by atoms with Gasteiger partial charge in [-0.3, -0.25) is 14.4 Å². The summed E-state index contributed by atoms with van der Waals surface area (Å²) in [6, 6.07) is 9.21. The molecule has 0 aliphatic carbocycles. The number of fused-ring (bicyclic) bond motifs is 1. The van der Waals surface area contributed by atoms with E-state index in [9.17, 15) is 14.4 Å². The summed E-state index contributed by atoms with van der Waals surface area (Å²) in [5, 5.41) is 7.16. The van der Waals surface area contributed by atoms with Gasteiger partial charge < -0.3 is 15.5 Å². The maximum atomic E-state index is 12.4. The summed E-state index contributed by atoms with van der Waals surface area (Å²) >= 11 is 1.52. The van der Waals surface area contributed by atoms with Gasteiger partial charge in [-0.15, -0.1) is 11.3 Å². The summed E-state index contributed by atoms with van der Waals surface area (Å²) in [7, 11) is 0. The van der Waals surface area contributed by atoms with Crippen LogP contribution in [0.4, 0.5) is 11.4 Å². The molecule has 0 saturated carbocycles. The second-order valence-electron chi connectivity index (χ2n) is 6.81. The van der Waals surface area contributed by atoms with Crippen LogP contribution in [0.1, 0.15) is 30.7 Å². The molecule has 3 amide bonds. The Bertz CT molecular complexity index is 846. The Balaban J connectivity index is 1.65. The maximum absolute atomic E-state index is 12.4. The topological polar surface area (TPSA) is 78.5 Å². The predicted octanol–water partition coefficient (Wildman–Crippen LogP) is 2.94. The third kappa shape index (κ3) is 4.54. The molecular formula is C20H23N3O3S. The lowest BCUT2D eigenvalue weighted by molar-refractivity contribution is -0.136. The molecule has 2 N–H and O–H groups in total. The van der Waals surface area contributed by atoms with Gasteiger partial charge in [-0.25, -0.2) is 0 Å². The van der Waals surface area contributed by atoms with Crippen LogP contribution in [0.2, 0.25) is 0 Å². The van der Waals surface area contributed by atoms with E-state index in [2.05, 4.69) is 10.6 Å². The van der Waals surface area contributed by atoms with Crippen molar-refractivity contribution in [1.29, 1.82) is 0 Å². The van der Waals surface area contributed by atoms with Crippen molar-refractivity contribution >= 4 is 40.4 Å². The number of anilines is 2. The maximum Gasteiger partial charge on any atom is 0.313 e. The molecule has 3 rings (SSSR count). The zero-order valence-corrected chi connectivity index (χ0v) is 16.3. The third-order valence-corrected chi connectivity index (χ3v) is 5.30. The highest BCUT2D eigenvalue weighted by Crippen LogP contribution is 2.30. The fourth-order valence-corrected chi connectivity index (χ4v) is 3.71. The molecular weight excluding hydrogens is 362 g/mol. The second-order valence-corrected chi connectivity index (χ2v) is 7.84. The number of carbonyl (C=O) groups excluding carboxylic acids is 3. The van der Waals surface area contributed by atoms with Gasteiger partial charge in [0.1, 0.15) is 0 Å². The molecule has 2 heterocycles. The molecule has 0 radical (unpaired) electrons. The number of hydrogen-bond acceptors (Lipinski definition) is 4. The highest BCUT2D eigenvalue weighted by atomic mass is 32.1. The van der Waals surface area contributed by atoms with Crippen molar-refractivity contribution in [3.63, 3.8) is 0 Å². The van der Waals surface area contributed by atoms with E-state index in [0.717, 1.165) is 29.0 Å². The van der Waals surface area contributed by atoms with Crippen LogP contribution < -0.4 is 15.5 Å². The molecule has 142 valence electrons. The summed E-state index contributed by atoms with van der Waals surface area (Å²) in [5.74, 6) is -1.33. The van der Waals surface area contributed by atoms with E-state index < -0.39 is 11.8 Å². The Morgan fingerprint density at radius 1 is 1.19 bits per heavy atom. The first-order valence-electron chi connectivity index (χ1n) is 9.01. The van der Waals surface area contributed by atoms with Crippen LogP contribution in [-0.2, 0) is 27.3 Å². The number of rotatable bonds is 4. The number of benzene rings is 1. The fraction of sp³-hybridized carbons (Fsp3) is 0.350.